The van der Waals surface area contributed by atoms with E-state index >= 15 is 0 Å². The number of benzene rings is 1. The molecule has 0 spiro atoms. The SMILES string of the molecule is CC(CCS(C)=O)NC(C)C(=O)Nc1ccccc1. The van der Waals surface area contributed by atoms with Gasteiger partial charge in [0.15, 0.2) is 0 Å². The van der Waals surface area contributed by atoms with Gasteiger partial charge in [-0.05, 0) is 32.4 Å². The van der Waals surface area contributed by atoms with E-state index in [4.69, 9.17) is 0 Å². The standard InChI is InChI=1S/C14H22N2O2S/c1-11(9-10-19(3)18)15-12(2)14(17)16-13-7-5-4-6-8-13/h4-8,11-12,15H,9-10H2,1-3H3,(H,16,17). The molecule has 4 nitrogen and oxygen atoms in total. The van der Waals surface area contributed by atoms with Gasteiger partial charge in [0.1, 0.15) is 0 Å². The summed E-state index contributed by atoms with van der Waals surface area (Å²) in [6, 6.07) is 9.27. The van der Waals surface area contributed by atoms with Crippen molar-refractivity contribution in [3.8, 4) is 0 Å². The van der Waals surface area contributed by atoms with E-state index in [2.05, 4.69) is 10.6 Å². The van der Waals surface area contributed by atoms with Crippen LogP contribution in [0.5, 0.6) is 0 Å². The number of nitrogens with one attached hydrogen (secondary N) is 2. The van der Waals surface area contributed by atoms with E-state index in [-0.39, 0.29) is 18.0 Å². The van der Waals surface area contributed by atoms with Crippen molar-refractivity contribution in [3.05, 3.63) is 30.3 Å². The third kappa shape index (κ3) is 6.50. The molecule has 5 heteroatoms. The zero-order valence-electron chi connectivity index (χ0n) is 11.7. The van der Waals surface area contributed by atoms with Crippen molar-refractivity contribution in [2.24, 2.45) is 0 Å². The Kier molecular flexibility index (Phi) is 6.73. The van der Waals surface area contributed by atoms with Crippen LogP contribution in [0.3, 0.4) is 0 Å². The molecule has 1 aromatic rings. The molecule has 19 heavy (non-hydrogen) atoms. The summed E-state index contributed by atoms with van der Waals surface area (Å²) in [5.41, 5.74) is 0.795. The van der Waals surface area contributed by atoms with E-state index in [0.717, 1.165) is 12.1 Å². The summed E-state index contributed by atoms with van der Waals surface area (Å²) >= 11 is 0. The summed E-state index contributed by atoms with van der Waals surface area (Å²) in [7, 11) is -0.784. The Labute approximate surface area is 117 Å². The number of hydrogen-bond acceptors (Lipinski definition) is 3. The Balaban J connectivity index is 2.38. The highest BCUT2D eigenvalue weighted by Crippen LogP contribution is 2.06. The number of hydrogen-bond donors (Lipinski definition) is 2. The lowest BCUT2D eigenvalue weighted by Crippen LogP contribution is -2.43. The molecule has 0 aliphatic carbocycles. The Morgan fingerprint density at radius 3 is 2.47 bits per heavy atom. The second-order valence-electron chi connectivity index (χ2n) is 4.71. The molecule has 1 aromatic carbocycles. The molecule has 1 rings (SSSR count). The van der Waals surface area contributed by atoms with Gasteiger partial charge in [-0.1, -0.05) is 18.2 Å². The summed E-state index contributed by atoms with van der Waals surface area (Å²) in [6.45, 7) is 3.83. The van der Waals surface area contributed by atoms with Crippen LogP contribution < -0.4 is 10.6 Å². The Bertz CT molecular complexity index is 423. The zero-order valence-corrected chi connectivity index (χ0v) is 12.5. The number of carbonyl (C=O) groups excluding carboxylic acids is 1. The molecule has 0 fully saturated rings. The molecule has 0 saturated carbocycles. The van der Waals surface area contributed by atoms with Crippen LogP contribution >= 0.6 is 0 Å². The summed E-state index contributed by atoms with van der Waals surface area (Å²) < 4.78 is 11.0. The lowest BCUT2D eigenvalue weighted by molar-refractivity contribution is -0.117. The lowest BCUT2D eigenvalue weighted by atomic mass is 10.2. The van der Waals surface area contributed by atoms with E-state index in [1.54, 1.807) is 6.26 Å². The highest BCUT2D eigenvalue weighted by molar-refractivity contribution is 7.84. The minimum absolute atomic E-state index is 0.0596. The number of carbonyl (C=O) groups is 1. The van der Waals surface area contributed by atoms with Crippen molar-refractivity contribution < 1.29 is 9.00 Å². The average Bonchev–Trinajstić information content (AvgIpc) is 2.37. The minimum Gasteiger partial charge on any atom is -0.325 e. The maximum absolute atomic E-state index is 12.0. The molecule has 0 aliphatic rings. The fraction of sp³-hybridized carbons (Fsp3) is 0.500. The van der Waals surface area contributed by atoms with Gasteiger partial charge in [-0.3, -0.25) is 9.00 Å². The second kappa shape index (κ2) is 8.07. The van der Waals surface area contributed by atoms with Crippen LogP contribution in [0, 0.1) is 0 Å². The monoisotopic (exact) mass is 282 g/mol. The van der Waals surface area contributed by atoms with Crippen molar-refractivity contribution in [1.29, 1.82) is 0 Å². The van der Waals surface area contributed by atoms with E-state index < -0.39 is 10.8 Å². The Morgan fingerprint density at radius 2 is 1.89 bits per heavy atom. The second-order valence-corrected chi connectivity index (χ2v) is 6.27. The van der Waals surface area contributed by atoms with E-state index in [1.165, 1.54) is 0 Å². The van der Waals surface area contributed by atoms with Gasteiger partial charge in [0.25, 0.3) is 0 Å². The molecule has 0 saturated heterocycles. The Morgan fingerprint density at radius 1 is 1.26 bits per heavy atom. The van der Waals surface area contributed by atoms with Crippen LogP contribution in [-0.4, -0.2) is 34.2 Å². The first-order valence-electron chi connectivity index (χ1n) is 6.41. The largest absolute Gasteiger partial charge is 0.325 e. The molecule has 0 heterocycles. The fourth-order valence-corrected chi connectivity index (χ4v) is 2.39. The van der Waals surface area contributed by atoms with Gasteiger partial charge in [-0.2, -0.15) is 0 Å². The summed E-state index contributed by atoms with van der Waals surface area (Å²) in [6.07, 6.45) is 2.49. The molecule has 0 radical (unpaired) electrons. The first-order valence-corrected chi connectivity index (χ1v) is 8.13. The molecule has 2 N–H and O–H groups in total. The first-order chi connectivity index (χ1) is 8.99. The van der Waals surface area contributed by atoms with Gasteiger partial charge in [0.05, 0.1) is 6.04 Å². The third-order valence-electron chi connectivity index (χ3n) is 2.81. The number of anilines is 1. The van der Waals surface area contributed by atoms with Gasteiger partial charge in [-0.15, -0.1) is 0 Å². The van der Waals surface area contributed by atoms with Gasteiger partial charge < -0.3 is 10.6 Å². The molecule has 106 valence electrons. The topological polar surface area (TPSA) is 58.2 Å². The van der Waals surface area contributed by atoms with Crippen LogP contribution in [0.2, 0.25) is 0 Å². The maximum Gasteiger partial charge on any atom is 0.241 e. The molecular weight excluding hydrogens is 260 g/mol. The average molecular weight is 282 g/mol. The summed E-state index contributed by atoms with van der Waals surface area (Å²) in [5.74, 6) is 0.594. The van der Waals surface area contributed by atoms with Gasteiger partial charge in [0, 0.05) is 34.5 Å². The predicted molar refractivity (Wildman–Crippen MR) is 80.7 cm³/mol. The van der Waals surface area contributed by atoms with Crippen molar-refractivity contribution in [2.75, 3.05) is 17.3 Å². The Hall–Kier alpha value is -1.20. The molecule has 0 bridgehead atoms. The van der Waals surface area contributed by atoms with E-state index in [9.17, 15) is 9.00 Å². The van der Waals surface area contributed by atoms with Gasteiger partial charge >= 0.3 is 0 Å². The van der Waals surface area contributed by atoms with Crippen LogP contribution in [0.4, 0.5) is 5.69 Å². The van der Waals surface area contributed by atoms with E-state index in [0.29, 0.717) is 5.75 Å². The quantitative estimate of drug-likeness (QED) is 0.801. The van der Waals surface area contributed by atoms with Crippen molar-refractivity contribution in [3.63, 3.8) is 0 Å². The number of para-hydroxylation sites is 1. The van der Waals surface area contributed by atoms with Crippen LogP contribution in [0.1, 0.15) is 20.3 Å². The predicted octanol–water partition coefficient (Wildman–Crippen LogP) is 1.76. The molecule has 3 unspecified atom stereocenters. The van der Waals surface area contributed by atoms with Crippen molar-refractivity contribution in [1.82, 2.24) is 5.32 Å². The van der Waals surface area contributed by atoms with Crippen LogP contribution in [0.25, 0.3) is 0 Å². The third-order valence-corrected chi connectivity index (χ3v) is 3.62. The van der Waals surface area contributed by atoms with Gasteiger partial charge in [-0.25, -0.2) is 0 Å². The van der Waals surface area contributed by atoms with Crippen LogP contribution in [0.15, 0.2) is 30.3 Å². The molecule has 0 aromatic heterocycles. The fourth-order valence-electron chi connectivity index (χ4n) is 1.70. The molecule has 1 amide bonds. The highest BCUT2D eigenvalue weighted by Gasteiger charge is 2.15. The normalized spacial score (nSPS) is 15.5. The number of rotatable bonds is 7. The maximum atomic E-state index is 12.0. The molecular formula is C14H22N2O2S. The number of amides is 1. The molecule has 3 atom stereocenters. The zero-order chi connectivity index (χ0) is 14.3. The van der Waals surface area contributed by atoms with Gasteiger partial charge in [0.2, 0.25) is 5.91 Å². The van der Waals surface area contributed by atoms with Crippen molar-refractivity contribution in [2.45, 2.75) is 32.4 Å². The van der Waals surface area contributed by atoms with Crippen molar-refractivity contribution >= 4 is 22.4 Å². The van der Waals surface area contributed by atoms with Crippen LogP contribution in [-0.2, 0) is 15.6 Å². The lowest BCUT2D eigenvalue weighted by Gasteiger charge is -2.19. The molecule has 0 aliphatic heterocycles. The highest BCUT2D eigenvalue weighted by atomic mass is 32.2. The summed E-state index contributed by atoms with van der Waals surface area (Å²) in [5, 5.41) is 6.06. The van der Waals surface area contributed by atoms with E-state index in [1.807, 2.05) is 44.2 Å². The first kappa shape index (κ1) is 15.9. The smallest absolute Gasteiger partial charge is 0.241 e. The summed E-state index contributed by atoms with van der Waals surface area (Å²) in [4.78, 5) is 12.0. The minimum atomic E-state index is -0.784.